The molecule has 0 aliphatic heterocycles. The van der Waals surface area contributed by atoms with Gasteiger partial charge in [0.05, 0.1) is 12.7 Å². The van der Waals surface area contributed by atoms with Crippen LogP contribution in [0.15, 0.2) is 89.9 Å². The molecule has 0 amide bonds. The van der Waals surface area contributed by atoms with Crippen molar-refractivity contribution in [2.24, 2.45) is 5.92 Å². The van der Waals surface area contributed by atoms with E-state index in [9.17, 15) is 4.79 Å². The second kappa shape index (κ2) is 11.9. The van der Waals surface area contributed by atoms with Gasteiger partial charge >= 0.3 is 0 Å². The summed E-state index contributed by atoms with van der Waals surface area (Å²) in [5.41, 5.74) is 1.84. The second-order valence-corrected chi connectivity index (χ2v) is 9.08. The number of ketones is 1. The van der Waals surface area contributed by atoms with Gasteiger partial charge in [0.15, 0.2) is 5.78 Å². The standard InChI is InChI=1S/C27H32O2S/c1-3-4-5-6-13-18-26(30-23-16-11-8-12-17-23)27-21(2)24(28)19-25(27)29-20-22-14-9-7-10-15-22/h7-18,25-27H,2-6,19-20H2,1H3/b18-13+. The van der Waals surface area contributed by atoms with E-state index in [1.807, 2.05) is 24.3 Å². The van der Waals surface area contributed by atoms with Crippen molar-refractivity contribution in [3.05, 3.63) is 90.5 Å². The van der Waals surface area contributed by atoms with Crippen LogP contribution < -0.4 is 0 Å². The molecule has 1 fully saturated rings. The third kappa shape index (κ3) is 6.45. The van der Waals surface area contributed by atoms with E-state index in [1.165, 1.54) is 24.2 Å². The first kappa shape index (κ1) is 22.6. The molecule has 0 spiro atoms. The van der Waals surface area contributed by atoms with Crippen LogP contribution in [-0.4, -0.2) is 17.1 Å². The van der Waals surface area contributed by atoms with Crippen LogP contribution in [0.2, 0.25) is 0 Å². The average molecular weight is 421 g/mol. The van der Waals surface area contributed by atoms with E-state index in [1.54, 1.807) is 11.8 Å². The van der Waals surface area contributed by atoms with Crippen LogP contribution in [0.1, 0.15) is 44.6 Å². The lowest BCUT2D eigenvalue weighted by Gasteiger charge is -2.26. The molecular weight excluding hydrogens is 388 g/mol. The fourth-order valence-corrected chi connectivity index (χ4v) is 5.14. The summed E-state index contributed by atoms with van der Waals surface area (Å²) in [7, 11) is 0. The van der Waals surface area contributed by atoms with Crippen molar-refractivity contribution >= 4 is 17.5 Å². The number of hydrogen-bond acceptors (Lipinski definition) is 3. The number of carbonyl (C=O) groups is 1. The second-order valence-electron chi connectivity index (χ2n) is 7.83. The molecule has 158 valence electrons. The summed E-state index contributed by atoms with van der Waals surface area (Å²) < 4.78 is 6.28. The van der Waals surface area contributed by atoms with Gasteiger partial charge in [0.25, 0.3) is 0 Å². The van der Waals surface area contributed by atoms with E-state index in [4.69, 9.17) is 4.74 Å². The van der Waals surface area contributed by atoms with Gasteiger partial charge in [0.1, 0.15) is 0 Å². The maximum absolute atomic E-state index is 12.6. The van der Waals surface area contributed by atoms with E-state index in [0.29, 0.717) is 18.6 Å². The van der Waals surface area contributed by atoms with Crippen LogP contribution in [0.5, 0.6) is 0 Å². The van der Waals surface area contributed by atoms with Gasteiger partial charge in [0, 0.05) is 22.5 Å². The van der Waals surface area contributed by atoms with E-state index in [0.717, 1.165) is 12.0 Å². The molecule has 0 saturated heterocycles. The third-order valence-electron chi connectivity index (χ3n) is 5.52. The minimum atomic E-state index is -0.133. The van der Waals surface area contributed by atoms with Gasteiger partial charge in [-0.3, -0.25) is 4.79 Å². The minimum Gasteiger partial charge on any atom is -0.372 e. The molecule has 3 unspecified atom stereocenters. The lowest BCUT2D eigenvalue weighted by molar-refractivity contribution is -0.115. The highest BCUT2D eigenvalue weighted by Gasteiger charge is 2.41. The summed E-state index contributed by atoms with van der Waals surface area (Å²) in [6.07, 6.45) is 9.59. The van der Waals surface area contributed by atoms with Crippen LogP contribution in [0.25, 0.3) is 0 Å². The average Bonchev–Trinajstić information content (AvgIpc) is 3.06. The first-order chi connectivity index (χ1) is 14.7. The molecule has 3 heteroatoms. The molecule has 30 heavy (non-hydrogen) atoms. The summed E-state index contributed by atoms with van der Waals surface area (Å²) in [4.78, 5) is 13.8. The number of benzene rings is 2. The number of hydrogen-bond donors (Lipinski definition) is 0. The molecule has 1 saturated carbocycles. The zero-order chi connectivity index (χ0) is 21.2. The molecule has 0 aromatic heterocycles. The SMILES string of the molecule is C=C1C(=O)CC(OCc2ccccc2)C1C(/C=C/CCCCC)Sc1ccccc1. The molecule has 0 heterocycles. The quantitative estimate of drug-likeness (QED) is 0.169. The van der Waals surface area contributed by atoms with Crippen LogP contribution >= 0.6 is 11.8 Å². The Morgan fingerprint density at radius 1 is 1.10 bits per heavy atom. The Hall–Kier alpha value is -2.10. The van der Waals surface area contributed by atoms with Gasteiger partial charge in [-0.15, -0.1) is 11.8 Å². The van der Waals surface area contributed by atoms with Gasteiger partial charge in [-0.25, -0.2) is 0 Å². The van der Waals surface area contributed by atoms with Crippen molar-refractivity contribution in [3.63, 3.8) is 0 Å². The van der Waals surface area contributed by atoms with E-state index >= 15 is 0 Å². The Morgan fingerprint density at radius 3 is 2.50 bits per heavy atom. The van der Waals surface area contributed by atoms with Crippen LogP contribution in [0.4, 0.5) is 0 Å². The highest BCUT2D eigenvalue weighted by molar-refractivity contribution is 8.00. The number of unbranched alkanes of at least 4 members (excludes halogenated alkanes) is 3. The van der Waals surface area contributed by atoms with Crippen molar-refractivity contribution in [1.29, 1.82) is 0 Å². The molecule has 3 atom stereocenters. The van der Waals surface area contributed by atoms with Crippen molar-refractivity contribution in [1.82, 2.24) is 0 Å². The van der Waals surface area contributed by atoms with Gasteiger partial charge in [-0.2, -0.15) is 0 Å². The first-order valence-corrected chi connectivity index (χ1v) is 11.8. The van der Waals surface area contributed by atoms with Crippen molar-refractivity contribution < 1.29 is 9.53 Å². The largest absolute Gasteiger partial charge is 0.372 e. The summed E-state index contributed by atoms with van der Waals surface area (Å²) in [5, 5.41) is 0.133. The number of Topliss-reactive ketones (excluding diaryl/α,β-unsaturated/α-hetero) is 1. The molecule has 0 radical (unpaired) electrons. The topological polar surface area (TPSA) is 26.3 Å². The monoisotopic (exact) mass is 420 g/mol. The lowest BCUT2D eigenvalue weighted by atomic mass is 9.96. The Bertz CT molecular complexity index is 828. The third-order valence-corrected chi connectivity index (χ3v) is 6.79. The van der Waals surface area contributed by atoms with E-state index in [2.05, 4.69) is 62.1 Å². The highest BCUT2D eigenvalue weighted by atomic mass is 32.2. The Morgan fingerprint density at radius 2 is 1.80 bits per heavy atom. The molecular formula is C27H32O2S. The minimum absolute atomic E-state index is 0.00570. The molecule has 0 N–H and O–H groups in total. The van der Waals surface area contributed by atoms with Gasteiger partial charge in [-0.05, 0) is 36.1 Å². The summed E-state index contributed by atoms with van der Waals surface area (Å²) in [6.45, 7) is 6.91. The van der Waals surface area contributed by atoms with E-state index < -0.39 is 0 Å². The summed E-state index contributed by atoms with van der Waals surface area (Å²) in [6, 6.07) is 20.6. The molecule has 2 aromatic carbocycles. The molecule has 1 aliphatic carbocycles. The Labute approximate surface area is 185 Å². The zero-order valence-corrected chi connectivity index (χ0v) is 18.7. The lowest BCUT2D eigenvalue weighted by Crippen LogP contribution is -2.27. The summed E-state index contributed by atoms with van der Waals surface area (Å²) in [5.74, 6) is 0.130. The fraction of sp³-hybridized carbons (Fsp3) is 0.370. The number of ether oxygens (including phenoxy) is 1. The maximum Gasteiger partial charge on any atom is 0.161 e. The van der Waals surface area contributed by atoms with Crippen LogP contribution in [0.3, 0.4) is 0 Å². The van der Waals surface area contributed by atoms with Crippen molar-refractivity contribution in [2.75, 3.05) is 0 Å². The Balaban J connectivity index is 1.76. The Kier molecular flexibility index (Phi) is 8.98. The van der Waals surface area contributed by atoms with Crippen molar-refractivity contribution in [2.45, 2.75) is 61.9 Å². The number of thioether (sulfide) groups is 1. The fourth-order valence-electron chi connectivity index (χ4n) is 3.83. The normalized spacial score (nSPS) is 20.2. The molecule has 3 rings (SSSR count). The summed E-state index contributed by atoms with van der Waals surface area (Å²) >= 11 is 1.80. The smallest absolute Gasteiger partial charge is 0.161 e. The number of carbonyl (C=O) groups excluding carboxylic acids is 1. The number of rotatable bonds is 11. The molecule has 2 aromatic rings. The maximum atomic E-state index is 12.6. The predicted octanol–water partition coefficient (Wildman–Crippen LogP) is 7.01. The van der Waals surface area contributed by atoms with Gasteiger partial charge in [-0.1, -0.05) is 87.0 Å². The zero-order valence-electron chi connectivity index (χ0n) is 17.8. The van der Waals surface area contributed by atoms with Crippen molar-refractivity contribution in [3.8, 4) is 0 Å². The predicted molar refractivity (Wildman–Crippen MR) is 127 cm³/mol. The first-order valence-electron chi connectivity index (χ1n) is 10.9. The number of allylic oxidation sites excluding steroid dienone is 1. The van der Waals surface area contributed by atoms with Crippen LogP contribution in [-0.2, 0) is 16.1 Å². The molecule has 1 aliphatic rings. The van der Waals surface area contributed by atoms with E-state index in [-0.39, 0.29) is 23.1 Å². The highest BCUT2D eigenvalue weighted by Crippen LogP contribution is 2.41. The van der Waals surface area contributed by atoms with Gasteiger partial charge < -0.3 is 4.74 Å². The van der Waals surface area contributed by atoms with Gasteiger partial charge in [0.2, 0.25) is 0 Å². The van der Waals surface area contributed by atoms with Crippen LogP contribution in [0, 0.1) is 5.92 Å². The molecule has 2 nitrogen and oxygen atoms in total. The molecule has 0 bridgehead atoms.